The predicted octanol–water partition coefficient (Wildman–Crippen LogP) is 12.5. The van der Waals surface area contributed by atoms with Crippen LogP contribution in [0.1, 0.15) is 22.3 Å². The number of fused-ring (bicyclic) bond motifs is 4. The smallest absolute Gasteiger partial charge is 0.137 e. The van der Waals surface area contributed by atoms with E-state index in [1.54, 1.807) is 11.3 Å². The molecule has 10 rings (SSSR count). The van der Waals surface area contributed by atoms with Crippen molar-refractivity contribution in [2.24, 2.45) is 0 Å². The first-order chi connectivity index (χ1) is 26.3. The minimum atomic E-state index is 0.745. The van der Waals surface area contributed by atoms with Crippen LogP contribution >= 0.6 is 11.3 Å². The largest absolute Gasteiger partial charge is 0.320 e. The van der Waals surface area contributed by atoms with Crippen molar-refractivity contribution in [2.45, 2.75) is 0 Å². The number of benzene rings is 6. The molecule has 0 amide bonds. The number of nitrogens with zero attached hydrogens (tertiary/aromatic N) is 4. The third-order valence-corrected chi connectivity index (χ3v) is 11.1. The number of hydrogen-bond donors (Lipinski definition) is 0. The van der Waals surface area contributed by atoms with E-state index in [1.807, 2.05) is 12.3 Å². The van der Waals surface area contributed by atoms with Crippen molar-refractivity contribution >= 4 is 66.4 Å². The predicted molar refractivity (Wildman–Crippen MR) is 223 cm³/mol. The average molecular weight is 699 g/mol. The summed E-state index contributed by atoms with van der Waals surface area (Å²) in [7, 11) is 0. The first-order valence-corrected chi connectivity index (χ1v) is 18.8. The molecule has 5 heteroatoms. The van der Waals surface area contributed by atoms with Gasteiger partial charge >= 0.3 is 0 Å². The van der Waals surface area contributed by atoms with Gasteiger partial charge in [-0.1, -0.05) is 127 Å². The van der Waals surface area contributed by atoms with Crippen LogP contribution in [-0.2, 0) is 0 Å². The molecule has 0 radical (unpaired) electrons. The zero-order chi connectivity index (χ0) is 35.1. The normalized spacial score (nSPS) is 12.4. The number of hydrogen-bond acceptors (Lipinski definition) is 4. The van der Waals surface area contributed by atoms with E-state index in [0.717, 1.165) is 40.3 Å². The molecule has 4 heterocycles. The lowest BCUT2D eigenvalue weighted by molar-refractivity contribution is 0.993. The number of aromatic nitrogens is 2. The second-order valence-corrected chi connectivity index (χ2v) is 14.1. The van der Waals surface area contributed by atoms with Crippen LogP contribution in [0, 0.1) is 0 Å². The quantitative estimate of drug-likeness (QED) is 0.155. The molecule has 4 nitrogen and oxygen atoms in total. The summed E-state index contributed by atoms with van der Waals surface area (Å²) in [5.41, 5.74) is 12.8. The molecule has 0 saturated heterocycles. The maximum atomic E-state index is 4.82. The van der Waals surface area contributed by atoms with Crippen LogP contribution in [0.15, 0.2) is 194 Å². The monoisotopic (exact) mass is 698 g/mol. The van der Waals surface area contributed by atoms with Crippen molar-refractivity contribution in [3.8, 4) is 5.82 Å². The number of thiophene rings is 1. The summed E-state index contributed by atoms with van der Waals surface area (Å²) < 4.78 is 2.30. The Morgan fingerprint density at radius 2 is 1.09 bits per heavy atom. The highest BCUT2D eigenvalue weighted by atomic mass is 32.1. The second-order valence-electron chi connectivity index (χ2n) is 13.2. The molecule has 3 aromatic heterocycles. The van der Waals surface area contributed by atoms with Gasteiger partial charge in [0, 0.05) is 28.3 Å². The number of anilines is 4. The van der Waals surface area contributed by atoms with E-state index in [9.17, 15) is 0 Å². The Kier molecular flexibility index (Phi) is 7.70. The Morgan fingerprint density at radius 1 is 0.472 bits per heavy atom. The zero-order valence-corrected chi connectivity index (χ0v) is 29.7. The fourth-order valence-corrected chi connectivity index (χ4v) is 8.74. The lowest BCUT2D eigenvalue weighted by Crippen LogP contribution is -2.24. The van der Waals surface area contributed by atoms with E-state index in [-0.39, 0.29) is 0 Å². The maximum Gasteiger partial charge on any atom is 0.137 e. The first-order valence-electron chi connectivity index (χ1n) is 17.9. The van der Waals surface area contributed by atoms with Crippen LogP contribution < -0.4 is 9.80 Å². The number of rotatable bonds is 7. The van der Waals surface area contributed by atoms with Gasteiger partial charge in [0.2, 0.25) is 0 Å². The highest BCUT2D eigenvalue weighted by molar-refractivity contribution is 7.15. The fourth-order valence-electron chi connectivity index (χ4n) is 7.82. The molecule has 6 aromatic carbocycles. The summed E-state index contributed by atoms with van der Waals surface area (Å²) in [5.74, 6) is 0.901. The fraction of sp³-hybridized carbons (Fsp3) is 0.0208. The lowest BCUT2D eigenvalue weighted by atomic mass is 9.85. The van der Waals surface area contributed by atoms with Crippen LogP contribution in [0.2, 0.25) is 0 Å². The molecule has 0 saturated carbocycles. The van der Waals surface area contributed by atoms with Crippen molar-refractivity contribution in [3.63, 3.8) is 0 Å². The van der Waals surface area contributed by atoms with Crippen molar-refractivity contribution < 1.29 is 0 Å². The molecule has 1 aliphatic heterocycles. The van der Waals surface area contributed by atoms with Gasteiger partial charge in [-0.3, -0.25) is 4.57 Å². The highest BCUT2D eigenvalue weighted by Gasteiger charge is 2.30. The van der Waals surface area contributed by atoms with Crippen molar-refractivity contribution in [1.29, 1.82) is 0 Å². The standard InChI is InChI=1S/C48H34N4S/c1-4-15-34(16-5-1)46(35-17-6-2-7-18-35)47(37-26-27-41-40-23-10-11-24-42(40)52(44(41)32-37)45-25-12-13-29-49-45)36-19-14-22-39(31-36)51-33-50(38-20-8-3-9-21-38)43-28-30-53-48(43)51/h1-32H,33H2. The summed E-state index contributed by atoms with van der Waals surface area (Å²) in [6.07, 6.45) is 1.87. The average Bonchev–Trinajstić information content (AvgIpc) is 3.94. The second kappa shape index (κ2) is 13.1. The molecule has 0 bridgehead atoms. The number of pyridine rings is 1. The van der Waals surface area contributed by atoms with Crippen LogP contribution in [0.3, 0.4) is 0 Å². The SMILES string of the molecule is c1ccc(C(=C(c2cccc(N3CN(c4ccccc4)c4ccsc43)c2)c2ccc3c4ccccc4n(-c4ccccn4)c3c2)c2ccccc2)cc1. The molecule has 9 aromatic rings. The molecule has 1 aliphatic rings. The van der Waals surface area contributed by atoms with Crippen LogP contribution in [0.25, 0.3) is 38.8 Å². The Bertz CT molecular complexity index is 2710. The molecule has 0 spiro atoms. The van der Waals surface area contributed by atoms with Gasteiger partial charge in [0.15, 0.2) is 0 Å². The van der Waals surface area contributed by atoms with Gasteiger partial charge in [-0.05, 0) is 93.4 Å². The summed E-state index contributed by atoms with van der Waals surface area (Å²) in [4.78, 5) is 9.67. The van der Waals surface area contributed by atoms with Crippen molar-refractivity contribution in [1.82, 2.24) is 9.55 Å². The third kappa shape index (κ3) is 5.41. The topological polar surface area (TPSA) is 24.3 Å². The molecule has 0 N–H and O–H groups in total. The summed E-state index contributed by atoms with van der Waals surface area (Å²) in [5, 5.41) is 5.86. The molecule has 0 fully saturated rings. The zero-order valence-electron chi connectivity index (χ0n) is 28.9. The summed E-state index contributed by atoms with van der Waals surface area (Å²) in [6, 6.07) is 65.3. The van der Waals surface area contributed by atoms with Crippen LogP contribution in [-0.4, -0.2) is 16.2 Å². The summed E-state index contributed by atoms with van der Waals surface area (Å²) in [6.45, 7) is 0.745. The Balaban J connectivity index is 1.22. The van der Waals surface area contributed by atoms with E-state index >= 15 is 0 Å². The maximum absolute atomic E-state index is 4.82. The minimum Gasteiger partial charge on any atom is -0.320 e. The van der Waals surface area contributed by atoms with E-state index in [1.165, 1.54) is 49.4 Å². The van der Waals surface area contributed by atoms with E-state index in [4.69, 9.17) is 4.98 Å². The van der Waals surface area contributed by atoms with E-state index in [2.05, 4.69) is 196 Å². The first kappa shape index (κ1) is 31.1. The molecule has 0 aliphatic carbocycles. The van der Waals surface area contributed by atoms with Crippen LogP contribution in [0.4, 0.5) is 22.1 Å². The van der Waals surface area contributed by atoms with Gasteiger partial charge < -0.3 is 9.80 Å². The van der Waals surface area contributed by atoms with Gasteiger partial charge in [-0.2, -0.15) is 0 Å². The van der Waals surface area contributed by atoms with Gasteiger partial charge in [-0.15, -0.1) is 11.3 Å². The molecule has 252 valence electrons. The molecule has 53 heavy (non-hydrogen) atoms. The summed E-state index contributed by atoms with van der Waals surface area (Å²) >= 11 is 1.79. The third-order valence-electron chi connectivity index (χ3n) is 10.2. The van der Waals surface area contributed by atoms with Crippen LogP contribution in [0.5, 0.6) is 0 Å². The van der Waals surface area contributed by atoms with Gasteiger partial charge in [-0.25, -0.2) is 4.98 Å². The van der Waals surface area contributed by atoms with Gasteiger partial charge in [0.05, 0.1) is 16.7 Å². The Labute approximate surface area is 312 Å². The van der Waals surface area contributed by atoms with Gasteiger partial charge in [0.1, 0.15) is 17.5 Å². The lowest BCUT2D eigenvalue weighted by Gasteiger charge is -2.24. The Hall–Kier alpha value is -6.69. The minimum absolute atomic E-state index is 0.745. The molecular formula is C48H34N4S. The van der Waals surface area contributed by atoms with E-state index < -0.39 is 0 Å². The van der Waals surface area contributed by atoms with Crippen molar-refractivity contribution in [3.05, 3.63) is 216 Å². The molecular weight excluding hydrogens is 665 g/mol. The Morgan fingerprint density at radius 3 is 1.85 bits per heavy atom. The van der Waals surface area contributed by atoms with E-state index in [0.29, 0.717) is 0 Å². The number of para-hydroxylation sites is 2. The van der Waals surface area contributed by atoms with Crippen molar-refractivity contribution in [2.75, 3.05) is 16.5 Å². The van der Waals surface area contributed by atoms with Gasteiger partial charge in [0.25, 0.3) is 0 Å². The molecule has 0 atom stereocenters. The molecule has 0 unspecified atom stereocenters. The highest BCUT2D eigenvalue weighted by Crippen LogP contribution is 2.48.